The van der Waals surface area contributed by atoms with Gasteiger partial charge in [-0.1, -0.05) is 18.1 Å². The van der Waals surface area contributed by atoms with Gasteiger partial charge in [0.05, 0.1) is 23.1 Å². The van der Waals surface area contributed by atoms with Gasteiger partial charge >= 0.3 is 0 Å². The van der Waals surface area contributed by atoms with Gasteiger partial charge in [0.1, 0.15) is 11.6 Å². The Kier molecular flexibility index (Phi) is 5.47. The van der Waals surface area contributed by atoms with Gasteiger partial charge in [-0.25, -0.2) is 15.0 Å². The monoisotopic (exact) mass is 523 g/mol. The Morgan fingerprint density at radius 3 is 2.72 bits per heavy atom. The van der Waals surface area contributed by atoms with E-state index in [1.165, 1.54) is 0 Å². The molecule has 2 N–H and O–H groups in total. The second-order valence-corrected chi connectivity index (χ2v) is 9.75. The molecule has 39 heavy (non-hydrogen) atoms. The van der Waals surface area contributed by atoms with Crippen LogP contribution in [0.25, 0.3) is 22.2 Å². The maximum absolute atomic E-state index is 13.7. The zero-order valence-electron chi connectivity index (χ0n) is 24.3. The normalized spacial score (nSPS) is 22.3. The fourth-order valence-corrected chi connectivity index (χ4v) is 5.94. The highest BCUT2D eigenvalue weighted by atomic mass is 16.3. The number of imidazole rings is 1. The minimum atomic E-state index is -2.62. The zero-order chi connectivity index (χ0) is 29.6. The van der Waals surface area contributed by atoms with Crippen molar-refractivity contribution in [1.29, 1.82) is 0 Å². The lowest BCUT2D eigenvalue weighted by molar-refractivity contribution is -0.122. The molecule has 1 saturated heterocycles. The van der Waals surface area contributed by atoms with Gasteiger partial charge in [0, 0.05) is 64.6 Å². The number of aromatic nitrogens is 4. The van der Waals surface area contributed by atoms with Gasteiger partial charge in [0.15, 0.2) is 0 Å². The van der Waals surface area contributed by atoms with Crippen molar-refractivity contribution in [2.45, 2.75) is 37.8 Å². The molecule has 0 radical (unpaired) electrons. The van der Waals surface area contributed by atoms with Crippen molar-refractivity contribution >= 4 is 23.4 Å². The molecular weight excluding hydrogens is 492 g/mol. The van der Waals surface area contributed by atoms with Crippen molar-refractivity contribution in [2.75, 3.05) is 20.1 Å². The number of nitrogens with one attached hydrogen (secondary N) is 1. The van der Waals surface area contributed by atoms with Crippen LogP contribution in [0.15, 0.2) is 48.8 Å². The Morgan fingerprint density at radius 2 is 2.00 bits per heavy atom. The van der Waals surface area contributed by atoms with Crippen LogP contribution in [0.2, 0.25) is 0 Å². The molecule has 1 amide bonds. The Bertz CT molecular complexity index is 1750. The number of carboxylic acid groups (broad SMARTS) is 1. The summed E-state index contributed by atoms with van der Waals surface area (Å²) < 4.78 is 26.8. The van der Waals surface area contributed by atoms with E-state index in [1.807, 2.05) is 30.6 Å². The topological polar surface area (TPSA) is 113 Å². The lowest BCUT2D eigenvalue weighted by Gasteiger charge is -2.24. The molecule has 2 aromatic heterocycles. The van der Waals surface area contributed by atoms with Crippen LogP contribution < -0.4 is 5.32 Å². The van der Waals surface area contributed by atoms with E-state index in [-0.39, 0.29) is 12.5 Å². The number of nitrogens with zero attached hydrogens (tertiary/aromatic N) is 5. The molecule has 3 atom stereocenters. The molecule has 196 valence electrons. The highest BCUT2D eigenvalue weighted by Crippen LogP contribution is 2.48. The van der Waals surface area contributed by atoms with Crippen molar-refractivity contribution in [2.24, 2.45) is 0 Å². The summed E-state index contributed by atoms with van der Waals surface area (Å²) in [5, 5.41) is 10.2. The van der Waals surface area contributed by atoms with E-state index in [9.17, 15) is 4.79 Å². The van der Waals surface area contributed by atoms with E-state index in [1.54, 1.807) is 19.1 Å². The minimum Gasteiger partial charge on any atom is -0.483 e. The molecule has 4 aromatic rings. The molecule has 0 aliphatic carbocycles. The van der Waals surface area contributed by atoms with Crippen LogP contribution in [0.1, 0.15) is 75.0 Å². The number of hydrogen-bond donors (Lipinski definition) is 2. The van der Waals surface area contributed by atoms with Crippen molar-refractivity contribution in [3.05, 3.63) is 77.1 Å². The van der Waals surface area contributed by atoms with Gasteiger partial charge in [0.25, 0.3) is 12.4 Å². The van der Waals surface area contributed by atoms with Crippen LogP contribution in [-0.2, 0) is 4.79 Å². The first kappa shape index (κ1) is 21.4. The molecule has 9 heteroatoms. The smallest absolute Gasteiger partial charge is 0.290 e. The molecule has 5 heterocycles. The van der Waals surface area contributed by atoms with Gasteiger partial charge < -0.3 is 19.9 Å². The summed E-state index contributed by atoms with van der Waals surface area (Å²) in [6.45, 7) is 0.773. The quantitative estimate of drug-likeness (QED) is 0.304. The third kappa shape index (κ3) is 4.04. The van der Waals surface area contributed by atoms with E-state index in [4.69, 9.17) is 19.0 Å². The van der Waals surface area contributed by atoms with Crippen LogP contribution in [0.4, 0.5) is 0 Å². The van der Waals surface area contributed by atoms with Gasteiger partial charge in [-0.15, -0.1) is 5.92 Å². The maximum Gasteiger partial charge on any atom is 0.290 e. The fourth-order valence-electron chi connectivity index (χ4n) is 5.94. The molecule has 9 nitrogen and oxygen atoms in total. The molecule has 3 aliphatic heterocycles. The SMILES string of the molecule is O=CO.[2H]C([2H])([2H])N1C(=O)c2cccc(C#CC)c2[C@H]2C[C@@H]1c1nc3ccc(-c4cnc(C5CCNC5)nc4)cc3n12. The third-order valence-electron chi connectivity index (χ3n) is 7.66. The number of carbonyl (C=O) groups excluding carboxylic acids is 1. The van der Waals surface area contributed by atoms with Crippen LogP contribution in [-0.4, -0.2) is 62.0 Å². The second kappa shape index (κ2) is 9.97. The Labute approximate surface area is 230 Å². The fraction of sp³-hybridized carbons (Fsp3) is 0.300. The average Bonchev–Trinajstić information content (AvgIpc) is 3.68. The third-order valence-corrected chi connectivity index (χ3v) is 7.66. The Hall–Kier alpha value is -4.55. The summed E-state index contributed by atoms with van der Waals surface area (Å²) in [5.41, 5.74) is 5.35. The largest absolute Gasteiger partial charge is 0.483 e. The lowest BCUT2D eigenvalue weighted by Crippen LogP contribution is -2.30. The maximum atomic E-state index is 13.7. The molecule has 1 fully saturated rings. The van der Waals surface area contributed by atoms with Crippen LogP contribution in [0.3, 0.4) is 0 Å². The highest BCUT2D eigenvalue weighted by molar-refractivity contribution is 5.98. The number of fused-ring (bicyclic) bond motifs is 9. The van der Waals surface area contributed by atoms with Crippen LogP contribution >= 0.6 is 0 Å². The van der Waals surface area contributed by atoms with E-state index in [0.29, 0.717) is 23.7 Å². The van der Waals surface area contributed by atoms with Gasteiger partial charge in [0.2, 0.25) is 0 Å². The first-order valence-electron chi connectivity index (χ1n) is 14.3. The predicted octanol–water partition coefficient (Wildman–Crippen LogP) is 3.76. The molecule has 3 aliphatic rings. The number of carbonyl (C=O) groups is 2. The first-order chi connectivity index (χ1) is 20.3. The highest BCUT2D eigenvalue weighted by Gasteiger charge is 2.44. The summed E-state index contributed by atoms with van der Waals surface area (Å²) >= 11 is 0. The number of amides is 1. The van der Waals surface area contributed by atoms with Gasteiger partial charge in [-0.2, -0.15) is 0 Å². The molecular formula is C30H28N6O3. The number of rotatable bonds is 2. The zero-order valence-corrected chi connectivity index (χ0v) is 21.3. The van der Waals surface area contributed by atoms with E-state index >= 15 is 0 Å². The molecule has 1 unspecified atom stereocenters. The first-order valence-corrected chi connectivity index (χ1v) is 12.8. The van der Waals surface area contributed by atoms with Crippen LogP contribution in [0.5, 0.6) is 0 Å². The molecule has 0 saturated carbocycles. The average molecular weight is 524 g/mol. The summed E-state index contributed by atoms with van der Waals surface area (Å²) in [7, 11) is 0. The number of hydrogen-bond acceptors (Lipinski definition) is 6. The van der Waals surface area contributed by atoms with Gasteiger partial charge in [-0.3, -0.25) is 9.59 Å². The molecule has 2 aromatic carbocycles. The van der Waals surface area contributed by atoms with E-state index in [0.717, 1.165) is 63.5 Å². The van der Waals surface area contributed by atoms with E-state index in [2.05, 4.69) is 37.8 Å². The van der Waals surface area contributed by atoms with Crippen molar-refractivity contribution < 1.29 is 18.8 Å². The molecule has 2 bridgehead atoms. The standard InChI is InChI=1S/C29H26N6O.CH2O2/c1-3-5-17-6-4-7-21-26(17)24-13-25(34(2)29(21)36)28-33-22-9-8-18(12-23(22)35(24)28)20-15-31-27(32-16-20)19-10-11-30-14-19;2-1-3/h4,6-9,12,15-16,19,24-25,30H,10-11,13-14H2,1-2H3;1H,(H,2,3)/t19?,24-,25-;/m1./s1/i2D3;. The Morgan fingerprint density at radius 1 is 1.18 bits per heavy atom. The number of benzene rings is 2. The molecule has 7 rings (SSSR count). The van der Waals surface area contributed by atoms with E-state index < -0.39 is 18.9 Å². The van der Waals surface area contributed by atoms with Crippen molar-refractivity contribution in [1.82, 2.24) is 29.7 Å². The Balaban J connectivity index is 0.00000101. The second-order valence-electron chi connectivity index (χ2n) is 9.75. The minimum absolute atomic E-state index is 0.250. The predicted molar refractivity (Wildman–Crippen MR) is 146 cm³/mol. The lowest BCUT2D eigenvalue weighted by atomic mass is 9.93. The van der Waals surface area contributed by atoms with Crippen LogP contribution in [0, 0.1) is 11.8 Å². The van der Waals surface area contributed by atoms with Crippen molar-refractivity contribution in [3.63, 3.8) is 0 Å². The summed E-state index contributed by atoms with van der Waals surface area (Å²) in [4.78, 5) is 37.3. The molecule has 0 spiro atoms. The summed E-state index contributed by atoms with van der Waals surface area (Å²) in [6.07, 6.45) is 5.20. The van der Waals surface area contributed by atoms with Gasteiger partial charge in [-0.05, 0) is 49.7 Å². The summed E-state index contributed by atoms with van der Waals surface area (Å²) in [6, 6.07) is 10.4. The van der Waals surface area contributed by atoms with Crippen molar-refractivity contribution in [3.8, 4) is 23.0 Å². The summed E-state index contributed by atoms with van der Waals surface area (Å²) in [5.74, 6) is 7.37.